The smallest absolute Gasteiger partial charge is 0.337 e. The van der Waals surface area contributed by atoms with E-state index in [2.05, 4.69) is 15.9 Å². The lowest BCUT2D eigenvalue weighted by molar-refractivity contribution is 0.0697. The lowest BCUT2D eigenvalue weighted by Crippen LogP contribution is -1.92. The molecule has 0 saturated heterocycles. The summed E-state index contributed by atoms with van der Waals surface area (Å²) in [6.45, 7) is 0. The van der Waals surface area contributed by atoms with Crippen LogP contribution in [-0.2, 0) is 0 Å². The van der Waals surface area contributed by atoms with Crippen LogP contribution in [-0.4, -0.2) is 15.5 Å². The molecule has 2 heterocycles. The van der Waals surface area contributed by atoms with E-state index >= 15 is 0 Å². The number of fused-ring (bicyclic) bond motifs is 1. The highest BCUT2D eigenvalue weighted by molar-refractivity contribution is 9.10. The Kier molecular flexibility index (Phi) is 2.25. The maximum Gasteiger partial charge on any atom is 0.337 e. The van der Waals surface area contributed by atoms with Gasteiger partial charge in [-0.3, -0.25) is 0 Å². The van der Waals surface area contributed by atoms with Gasteiger partial charge in [-0.15, -0.1) is 0 Å². The maximum atomic E-state index is 10.7. The third kappa shape index (κ3) is 1.40. The van der Waals surface area contributed by atoms with E-state index in [0.29, 0.717) is 5.15 Å². The molecular formula is C9H5BrClNO2. The highest BCUT2D eigenvalue weighted by Crippen LogP contribution is 2.24. The van der Waals surface area contributed by atoms with Crippen LogP contribution in [0.2, 0.25) is 5.15 Å². The van der Waals surface area contributed by atoms with Crippen molar-refractivity contribution >= 4 is 39.0 Å². The summed E-state index contributed by atoms with van der Waals surface area (Å²) < 4.78 is 2.43. The molecule has 0 aromatic carbocycles. The van der Waals surface area contributed by atoms with Gasteiger partial charge in [0, 0.05) is 10.7 Å². The standard InChI is InChI=1S/C9H5BrClNO2/c10-6-1-2-8(11)12-4-5(9(13)14)3-7(6)12/h1-4H,(H,13,14). The van der Waals surface area contributed by atoms with Gasteiger partial charge >= 0.3 is 5.97 Å². The van der Waals surface area contributed by atoms with Gasteiger partial charge in [-0.05, 0) is 34.1 Å². The van der Waals surface area contributed by atoms with E-state index < -0.39 is 5.97 Å². The lowest BCUT2D eigenvalue weighted by Gasteiger charge is -1.99. The van der Waals surface area contributed by atoms with Crippen LogP contribution in [0.5, 0.6) is 0 Å². The van der Waals surface area contributed by atoms with Crippen LogP contribution in [0.1, 0.15) is 10.4 Å². The molecule has 3 nitrogen and oxygen atoms in total. The molecule has 72 valence electrons. The summed E-state index contributed by atoms with van der Waals surface area (Å²) in [5, 5.41) is 9.28. The molecular weight excluding hydrogens is 269 g/mol. The summed E-state index contributed by atoms with van der Waals surface area (Å²) in [6.07, 6.45) is 1.49. The maximum absolute atomic E-state index is 10.7. The molecule has 0 atom stereocenters. The first-order valence-corrected chi connectivity index (χ1v) is 4.96. The second-order valence-electron chi connectivity index (χ2n) is 2.79. The monoisotopic (exact) mass is 273 g/mol. The second kappa shape index (κ2) is 3.29. The largest absolute Gasteiger partial charge is 0.478 e. The normalized spacial score (nSPS) is 10.7. The van der Waals surface area contributed by atoms with Gasteiger partial charge in [0.15, 0.2) is 0 Å². The van der Waals surface area contributed by atoms with E-state index in [9.17, 15) is 4.79 Å². The minimum absolute atomic E-state index is 0.221. The highest BCUT2D eigenvalue weighted by atomic mass is 79.9. The zero-order valence-electron chi connectivity index (χ0n) is 6.87. The molecule has 0 aliphatic heterocycles. The number of halogens is 2. The van der Waals surface area contributed by atoms with Crippen LogP contribution in [0.15, 0.2) is 28.9 Å². The van der Waals surface area contributed by atoms with Gasteiger partial charge in [0.25, 0.3) is 0 Å². The first-order valence-electron chi connectivity index (χ1n) is 3.79. The Morgan fingerprint density at radius 1 is 1.50 bits per heavy atom. The molecule has 2 aromatic heterocycles. The van der Waals surface area contributed by atoms with Crippen molar-refractivity contribution in [1.82, 2.24) is 4.40 Å². The average molecular weight is 275 g/mol. The van der Waals surface area contributed by atoms with Crippen molar-refractivity contribution < 1.29 is 9.90 Å². The molecule has 0 unspecified atom stereocenters. The third-order valence-corrected chi connectivity index (χ3v) is 2.89. The van der Waals surface area contributed by atoms with Crippen LogP contribution in [0, 0.1) is 0 Å². The second-order valence-corrected chi connectivity index (χ2v) is 4.03. The van der Waals surface area contributed by atoms with E-state index in [0.717, 1.165) is 9.99 Å². The predicted molar refractivity (Wildman–Crippen MR) is 57.1 cm³/mol. The Morgan fingerprint density at radius 3 is 2.79 bits per heavy atom. The van der Waals surface area contributed by atoms with Crippen molar-refractivity contribution in [3.8, 4) is 0 Å². The zero-order valence-corrected chi connectivity index (χ0v) is 9.21. The van der Waals surface area contributed by atoms with Crippen LogP contribution < -0.4 is 0 Å². The number of aromatic nitrogens is 1. The van der Waals surface area contributed by atoms with Crippen molar-refractivity contribution in [2.75, 3.05) is 0 Å². The number of carboxylic acid groups (broad SMARTS) is 1. The van der Waals surface area contributed by atoms with E-state index in [1.54, 1.807) is 22.6 Å². The van der Waals surface area contributed by atoms with Crippen LogP contribution in [0.4, 0.5) is 0 Å². The van der Waals surface area contributed by atoms with Crippen molar-refractivity contribution in [1.29, 1.82) is 0 Å². The Morgan fingerprint density at radius 2 is 2.21 bits per heavy atom. The predicted octanol–water partition coefficient (Wildman–Crippen LogP) is 3.05. The summed E-state index contributed by atoms with van der Waals surface area (Å²) in [4.78, 5) is 10.7. The molecule has 0 fully saturated rings. The Hall–Kier alpha value is -1.00. The SMILES string of the molecule is O=C(O)c1cc2c(Br)ccc(Cl)n2c1. The Bertz CT molecular complexity index is 482. The van der Waals surface area contributed by atoms with Crippen LogP contribution in [0.3, 0.4) is 0 Å². The fourth-order valence-corrected chi connectivity index (χ4v) is 1.89. The van der Waals surface area contributed by atoms with Crippen molar-refractivity contribution in [2.45, 2.75) is 0 Å². The number of aromatic carboxylic acids is 1. The molecule has 0 bridgehead atoms. The minimum atomic E-state index is -0.961. The zero-order chi connectivity index (χ0) is 10.3. The molecule has 5 heteroatoms. The molecule has 0 amide bonds. The fourth-order valence-electron chi connectivity index (χ4n) is 1.25. The third-order valence-electron chi connectivity index (χ3n) is 1.91. The van der Waals surface area contributed by atoms with Gasteiger partial charge in [-0.1, -0.05) is 11.6 Å². The summed E-state index contributed by atoms with van der Waals surface area (Å²) in [5.41, 5.74) is 0.966. The molecule has 0 aliphatic carbocycles. The molecule has 0 aliphatic rings. The average Bonchev–Trinajstić information content (AvgIpc) is 2.57. The van der Waals surface area contributed by atoms with Crippen molar-refractivity contribution in [2.24, 2.45) is 0 Å². The topological polar surface area (TPSA) is 41.7 Å². The highest BCUT2D eigenvalue weighted by Gasteiger charge is 2.09. The molecule has 2 aromatic rings. The van der Waals surface area contributed by atoms with Gasteiger partial charge in [0.2, 0.25) is 0 Å². The van der Waals surface area contributed by atoms with Gasteiger partial charge < -0.3 is 9.51 Å². The summed E-state index contributed by atoms with van der Waals surface area (Å²) in [5.74, 6) is -0.961. The van der Waals surface area contributed by atoms with E-state index in [1.807, 2.05) is 0 Å². The van der Waals surface area contributed by atoms with Crippen LogP contribution in [0.25, 0.3) is 5.52 Å². The summed E-state index contributed by atoms with van der Waals surface area (Å²) >= 11 is 9.22. The number of pyridine rings is 1. The number of rotatable bonds is 1. The first kappa shape index (κ1) is 9.55. The van der Waals surface area contributed by atoms with Gasteiger partial charge in [-0.25, -0.2) is 4.79 Å². The van der Waals surface area contributed by atoms with E-state index in [1.165, 1.54) is 6.20 Å². The quantitative estimate of drug-likeness (QED) is 0.812. The van der Waals surface area contributed by atoms with Gasteiger partial charge in [-0.2, -0.15) is 0 Å². The first-order chi connectivity index (χ1) is 6.59. The van der Waals surface area contributed by atoms with Crippen molar-refractivity contribution in [3.05, 3.63) is 39.6 Å². The molecule has 0 spiro atoms. The molecule has 1 N–H and O–H groups in total. The van der Waals surface area contributed by atoms with E-state index in [4.69, 9.17) is 16.7 Å². The Balaban J connectivity index is 2.82. The molecule has 2 rings (SSSR count). The lowest BCUT2D eigenvalue weighted by atomic mass is 10.3. The molecule has 0 saturated carbocycles. The number of hydrogen-bond donors (Lipinski definition) is 1. The molecule has 0 radical (unpaired) electrons. The number of carbonyl (C=O) groups is 1. The molecule has 14 heavy (non-hydrogen) atoms. The summed E-state index contributed by atoms with van der Waals surface area (Å²) in [6, 6.07) is 5.05. The van der Waals surface area contributed by atoms with Crippen LogP contribution >= 0.6 is 27.5 Å². The number of hydrogen-bond acceptors (Lipinski definition) is 1. The van der Waals surface area contributed by atoms with Gasteiger partial charge in [0.05, 0.1) is 11.1 Å². The van der Waals surface area contributed by atoms with E-state index in [-0.39, 0.29) is 5.56 Å². The number of carboxylic acids is 1. The fraction of sp³-hybridized carbons (Fsp3) is 0. The van der Waals surface area contributed by atoms with Crippen molar-refractivity contribution in [3.63, 3.8) is 0 Å². The van der Waals surface area contributed by atoms with Gasteiger partial charge in [0.1, 0.15) is 5.15 Å². The minimum Gasteiger partial charge on any atom is -0.478 e. The summed E-state index contributed by atoms with van der Waals surface area (Å²) in [7, 11) is 0. The Labute approximate surface area is 93.0 Å². The number of nitrogens with zero attached hydrogens (tertiary/aromatic N) is 1.